The van der Waals surface area contributed by atoms with E-state index >= 15 is 0 Å². The molecule has 2 aromatic rings. The highest BCUT2D eigenvalue weighted by Crippen LogP contribution is 2.25. The largest absolute Gasteiger partial charge is 0.466 e. The SMILES string of the molecule is CNC(c1ccn[nH]1)c1cc(C)oc1C. The van der Waals surface area contributed by atoms with Gasteiger partial charge in [-0.2, -0.15) is 5.10 Å². The van der Waals surface area contributed by atoms with Crippen molar-refractivity contribution in [3.63, 3.8) is 0 Å². The van der Waals surface area contributed by atoms with Crippen molar-refractivity contribution in [3.8, 4) is 0 Å². The van der Waals surface area contributed by atoms with Crippen LogP contribution in [0.25, 0.3) is 0 Å². The van der Waals surface area contributed by atoms with Gasteiger partial charge in [0.2, 0.25) is 0 Å². The average molecular weight is 205 g/mol. The van der Waals surface area contributed by atoms with Crippen LogP contribution in [0.5, 0.6) is 0 Å². The van der Waals surface area contributed by atoms with Crippen molar-refractivity contribution in [1.82, 2.24) is 15.5 Å². The molecule has 0 fully saturated rings. The molecule has 2 N–H and O–H groups in total. The number of rotatable bonds is 3. The minimum Gasteiger partial charge on any atom is -0.466 e. The minimum atomic E-state index is 0.116. The molecule has 0 aliphatic rings. The molecule has 4 nitrogen and oxygen atoms in total. The zero-order valence-corrected chi connectivity index (χ0v) is 9.16. The van der Waals surface area contributed by atoms with Crippen LogP contribution in [0.3, 0.4) is 0 Å². The Morgan fingerprint density at radius 2 is 2.27 bits per heavy atom. The quantitative estimate of drug-likeness (QED) is 0.805. The van der Waals surface area contributed by atoms with Crippen LogP contribution >= 0.6 is 0 Å². The van der Waals surface area contributed by atoms with Gasteiger partial charge in [0.15, 0.2) is 0 Å². The number of hydrogen-bond acceptors (Lipinski definition) is 3. The van der Waals surface area contributed by atoms with Crippen LogP contribution in [0.15, 0.2) is 22.7 Å². The Bertz CT molecular complexity index is 431. The maximum absolute atomic E-state index is 5.52. The van der Waals surface area contributed by atoms with Crippen molar-refractivity contribution in [3.05, 3.63) is 41.1 Å². The van der Waals surface area contributed by atoms with Gasteiger partial charge < -0.3 is 9.73 Å². The zero-order chi connectivity index (χ0) is 10.8. The van der Waals surface area contributed by atoms with Gasteiger partial charge in [-0.25, -0.2) is 0 Å². The summed E-state index contributed by atoms with van der Waals surface area (Å²) in [7, 11) is 1.92. The van der Waals surface area contributed by atoms with Gasteiger partial charge in [0, 0.05) is 11.8 Å². The predicted octanol–water partition coefficient (Wildman–Crippen LogP) is 1.93. The molecule has 2 aromatic heterocycles. The molecule has 0 aliphatic carbocycles. The van der Waals surface area contributed by atoms with E-state index in [4.69, 9.17) is 4.42 Å². The summed E-state index contributed by atoms with van der Waals surface area (Å²) in [6, 6.07) is 4.13. The smallest absolute Gasteiger partial charge is 0.106 e. The second-order valence-corrected chi connectivity index (χ2v) is 3.60. The van der Waals surface area contributed by atoms with E-state index in [1.165, 1.54) is 0 Å². The minimum absolute atomic E-state index is 0.116. The van der Waals surface area contributed by atoms with Crippen molar-refractivity contribution >= 4 is 0 Å². The second-order valence-electron chi connectivity index (χ2n) is 3.60. The summed E-state index contributed by atoms with van der Waals surface area (Å²) in [5.74, 6) is 1.88. The Hall–Kier alpha value is -1.55. The van der Waals surface area contributed by atoms with E-state index in [0.29, 0.717) is 0 Å². The van der Waals surface area contributed by atoms with E-state index in [1.807, 2.05) is 27.0 Å². The molecular weight excluding hydrogens is 190 g/mol. The molecule has 2 rings (SSSR count). The molecular formula is C11H15N3O. The Labute approximate surface area is 88.7 Å². The van der Waals surface area contributed by atoms with Gasteiger partial charge in [0.1, 0.15) is 11.5 Å². The molecule has 2 heterocycles. The zero-order valence-electron chi connectivity index (χ0n) is 9.16. The summed E-state index contributed by atoms with van der Waals surface area (Å²) in [5.41, 5.74) is 2.20. The van der Waals surface area contributed by atoms with E-state index < -0.39 is 0 Å². The van der Waals surface area contributed by atoms with Crippen molar-refractivity contribution < 1.29 is 4.42 Å². The summed E-state index contributed by atoms with van der Waals surface area (Å²) in [6.45, 7) is 3.93. The average Bonchev–Trinajstić information content (AvgIpc) is 2.79. The molecule has 0 aromatic carbocycles. The first-order chi connectivity index (χ1) is 7.22. The molecule has 80 valence electrons. The molecule has 0 radical (unpaired) electrons. The van der Waals surface area contributed by atoms with Crippen LogP contribution in [0, 0.1) is 13.8 Å². The first kappa shape index (κ1) is 9.98. The summed E-state index contributed by atoms with van der Waals surface area (Å²) in [6.07, 6.45) is 1.75. The van der Waals surface area contributed by atoms with Crippen LogP contribution in [0.2, 0.25) is 0 Å². The van der Waals surface area contributed by atoms with Crippen LogP contribution in [0.1, 0.15) is 28.8 Å². The highest BCUT2D eigenvalue weighted by molar-refractivity contribution is 5.30. The van der Waals surface area contributed by atoms with Crippen molar-refractivity contribution in [2.24, 2.45) is 0 Å². The Morgan fingerprint density at radius 3 is 2.73 bits per heavy atom. The molecule has 0 spiro atoms. The normalized spacial score (nSPS) is 13.0. The fraction of sp³-hybridized carbons (Fsp3) is 0.364. The molecule has 0 bridgehead atoms. The molecule has 0 saturated heterocycles. The first-order valence-corrected chi connectivity index (χ1v) is 4.96. The lowest BCUT2D eigenvalue weighted by molar-refractivity contribution is 0.496. The Balaban J connectivity index is 2.39. The third-order valence-corrected chi connectivity index (χ3v) is 2.51. The van der Waals surface area contributed by atoms with Gasteiger partial charge in [0.05, 0.1) is 11.7 Å². The summed E-state index contributed by atoms with van der Waals surface area (Å²) in [5, 5.41) is 10.2. The lowest BCUT2D eigenvalue weighted by atomic mass is 10.0. The fourth-order valence-corrected chi connectivity index (χ4v) is 1.84. The molecule has 15 heavy (non-hydrogen) atoms. The highest BCUT2D eigenvalue weighted by Gasteiger charge is 2.18. The van der Waals surface area contributed by atoms with Gasteiger partial charge in [-0.15, -0.1) is 0 Å². The van der Waals surface area contributed by atoms with Crippen LogP contribution in [-0.2, 0) is 0 Å². The number of aryl methyl sites for hydroxylation is 2. The van der Waals surface area contributed by atoms with E-state index in [1.54, 1.807) is 6.20 Å². The number of nitrogens with one attached hydrogen (secondary N) is 2. The lowest BCUT2D eigenvalue weighted by Crippen LogP contribution is -2.18. The number of nitrogens with zero attached hydrogens (tertiary/aromatic N) is 1. The highest BCUT2D eigenvalue weighted by atomic mass is 16.3. The number of aromatic nitrogens is 2. The molecule has 1 unspecified atom stereocenters. The van der Waals surface area contributed by atoms with Gasteiger partial charge in [-0.05, 0) is 33.0 Å². The molecule has 4 heteroatoms. The van der Waals surface area contributed by atoms with Crippen molar-refractivity contribution in [1.29, 1.82) is 0 Å². The van der Waals surface area contributed by atoms with Crippen LogP contribution < -0.4 is 5.32 Å². The van der Waals surface area contributed by atoms with E-state index in [9.17, 15) is 0 Å². The number of furan rings is 1. The van der Waals surface area contributed by atoms with Crippen LogP contribution in [0.4, 0.5) is 0 Å². The third kappa shape index (κ3) is 1.80. The molecule has 0 aliphatic heterocycles. The maximum atomic E-state index is 5.52. The standard InChI is InChI=1S/C11H15N3O/c1-7-6-9(8(2)15-7)11(12-3)10-4-5-13-14-10/h4-6,11-12H,1-3H3,(H,13,14). The van der Waals surface area contributed by atoms with E-state index in [-0.39, 0.29) is 6.04 Å². The predicted molar refractivity (Wildman–Crippen MR) is 57.7 cm³/mol. The summed E-state index contributed by atoms with van der Waals surface area (Å²) >= 11 is 0. The van der Waals surface area contributed by atoms with Crippen LogP contribution in [-0.4, -0.2) is 17.2 Å². The number of H-pyrrole nitrogens is 1. The summed E-state index contributed by atoms with van der Waals surface area (Å²) < 4.78 is 5.52. The second kappa shape index (κ2) is 3.90. The van der Waals surface area contributed by atoms with Gasteiger partial charge in [0.25, 0.3) is 0 Å². The summed E-state index contributed by atoms with van der Waals surface area (Å²) in [4.78, 5) is 0. The monoisotopic (exact) mass is 205 g/mol. The molecule has 0 saturated carbocycles. The number of aromatic amines is 1. The van der Waals surface area contributed by atoms with Gasteiger partial charge >= 0.3 is 0 Å². The molecule has 0 amide bonds. The topological polar surface area (TPSA) is 53.9 Å². The van der Waals surface area contributed by atoms with Gasteiger partial charge in [-0.1, -0.05) is 0 Å². The Kier molecular flexibility index (Phi) is 2.60. The fourth-order valence-electron chi connectivity index (χ4n) is 1.84. The van der Waals surface area contributed by atoms with Crippen molar-refractivity contribution in [2.45, 2.75) is 19.9 Å². The lowest BCUT2D eigenvalue weighted by Gasteiger charge is -2.13. The van der Waals surface area contributed by atoms with Crippen molar-refractivity contribution in [2.75, 3.05) is 7.05 Å². The van der Waals surface area contributed by atoms with E-state index in [2.05, 4.69) is 21.6 Å². The first-order valence-electron chi connectivity index (χ1n) is 4.96. The number of hydrogen-bond donors (Lipinski definition) is 2. The maximum Gasteiger partial charge on any atom is 0.106 e. The third-order valence-electron chi connectivity index (χ3n) is 2.51. The Morgan fingerprint density at radius 1 is 1.47 bits per heavy atom. The molecule has 1 atom stereocenters. The van der Waals surface area contributed by atoms with Gasteiger partial charge in [-0.3, -0.25) is 5.10 Å². The van der Waals surface area contributed by atoms with E-state index in [0.717, 1.165) is 22.8 Å².